The number of carbonyl (C=O) groups is 1. The number of benzene rings is 2. The summed E-state index contributed by atoms with van der Waals surface area (Å²) in [5.74, 6) is 0.0968. The topological polar surface area (TPSA) is 84.5 Å². The minimum Gasteiger partial charge on any atom is -0.492 e. The van der Waals surface area contributed by atoms with Crippen molar-refractivity contribution in [3.05, 3.63) is 46.9 Å². The fraction of sp³-hybridized carbons (Fsp3) is 0.188. The fourth-order valence-corrected chi connectivity index (χ4v) is 3.49. The van der Waals surface area contributed by atoms with Crippen molar-refractivity contribution in [2.24, 2.45) is 0 Å². The molecule has 0 saturated heterocycles. The van der Waals surface area contributed by atoms with Crippen LogP contribution in [0.4, 0.5) is 11.4 Å². The number of ether oxygens (including phenoxy) is 1. The number of hydrogen-bond donors (Lipinski definition) is 2. The maximum absolute atomic E-state index is 12.5. The van der Waals surface area contributed by atoms with Gasteiger partial charge in [0.25, 0.3) is 10.0 Å². The minimum atomic E-state index is -3.80. The Kier molecular flexibility index (Phi) is 5.84. The summed E-state index contributed by atoms with van der Waals surface area (Å²) >= 11 is 3.29. The predicted molar refractivity (Wildman–Crippen MR) is 96.9 cm³/mol. The zero-order valence-electron chi connectivity index (χ0n) is 13.2. The molecule has 2 rings (SSSR count). The summed E-state index contributed by atoms with van der Waals surface area (Å²) in [6.45, 7) is 3.54. The molecule has 0 aromatic heterocycles. The Morgan fingerprint density at radius 2 is 1.96 bits per heavy atom. The molecule has 0 fully saturated rings. The fourth-order valence-electron chi connectivity index (χ4n) is 2.01. The average Bonchev–Trinajstić information content (AvgIpc) is 2.48. The molecule has 0 atom stereocenters. The molecule has 24 heavy (non-hydrogen) atoms. The molecule has 0 aliphatic rings. The van der Waals surface area contributed by atoms with Crippen molar-refractivity contribution in [3.8, 4) is 5.75 Å². The Bertz CT molecular complexity index is 853. The van der Waals surface area contributed by atoms with Crippen LogP contribution in [0.2, 0.25) is 0 Å². The van der Waals surface area contributed by atoms with E-state index in [0.717, 1.165) is 4.47 Å². The number of rotatable bonds is 6. The molecule has 2 N–H and O–H groups in total. The van der Waals surface area contributed by atoms with Gasteiger partial charge in [-0.2, -0.15) is 0 Å². The first-order chi connectivity index (χ1) is 11.3. The van der Waals surface area contributed by atoms with Crippen molar-refractivity contribution < 1.29 is 17.9 Å². The van der Waals surface area contributed by atoms with Crippen molar-refractivity contribution in [2.75, 3.05) is 16.6 Å². The third-order valence-corrected chi connectivity index (χ3v) is 4.82. The molecule has 2 aromatic carbocycles. The van der Waals surface area contributed by atoms with Crippen LogP contribution in [0.5, 0.6) is 5.75 Å². The van der Waals surface area contributed by atoms with Crippen LogP contribution in [0.25, 0.3) is 0 Å². The second-order valence-electron chi connectivity index (χ2n) is 4.89. The van der Waals surface area contributed by atoms with Crippen LogP contribution in [-0.4, -0.2) is 20.9 Å². The predicted octanol–water partition coefficient (Wildman–Crippen LogP) is 3.61. The second-order valence-corrected chi connectivity index (χ2v) is 7.49. The first-order valence-electron chi connectivity index (χ1n) is 7.14. The molecular formula is C16H17BrN2O4S. The lowest BCUT2D eigenvalue weighted by molar-refractivity contribution is -0.114. The van der Waals surface area contributed by atoms with Crippen LogP contribution in [0.15, 0.2) is 51.8 Å². The van der Waals surface area contributed by atoms with Crippen LogP contribution in [0.3, 0.4) is 0 Å². The van der Waals surface area contributed by atoms with Gasteiger partial charge in [0.1, 0.15) is 5.75 Å². The maximum Gasteiger partial charge on any atom is 0.261 e. The summed E-state index contributed by atoms with van der Waals surface area (Å²) in [6.07, 6.45) is 0. The first kappa shape index (κ1) is 18.3. The zero-order valence-corrected chi connectivity index (χ0v) is 15.6. The minimum absolute atomic E-state index is 0.0229. The van der Waals surface area contributed by atoms with E-state index in [0.29, 0.717) is 23.7 Å². The third-order valence-electron chi connectivity index (χ3n) is 2.95. The summed E-state index contributed by atoms with van der Waals surface area (Å²) in [6, 6.07) is 11.1. The number of carbonyl (C=O) groups excluding carboxylic acids is 1. The molecular weight excluding hydrogens is 396 g/mol. The van der Waals surface area contributed by atoms with Gasteiger partial charge in [-0.25, -0.2) is 8.42 Å². The molecule has 0 aliphatic carbocycles. The highest BCUT2D eigenvalue weighted by Crippen LogP contribution is 2.29. The first-order valence-corrected chi connectivity index (χ1v) is 9.42. The van der Waals surface area contributed by atoms with E-state index in [1.54, 1.807) is 31.2 Å². The van der Waals surface area contributed by atoms with E-state index in [1.807, 2.05) is 0 Å². The van der Waals surface area contributed by atoms with Crippen molar-refractivity contribution >= 4 is 43.2 Å². The summed E-state index contributed by atoms with van der Waals surface area (Å²) in [5, 5.41) is 2.58. The second kappa shape index (κ2) is 7.67. The summed E-state index contributed by atoms with van der Waals surface area (Å²) in [5.41, 5.74) is 0.737. The third kappa shape index (κ3) is 4.72. The number of sulfonamides is 1. The SMILES string of the molecule is CCOc1ccc(S(=O)(=O)Nc2cccc(Br)c2)cc1NC(C)=O. The van der Waals surface area contributed by atoms with Gasteiger partial charge in [0, 0.05) is 17.1 Å². The summed E-state index contributed by atoms with van der Waals surface area (Å²) in [4.78, 5) is 11.3. The van der Waals surface area contributed by atoms with Crippen LogP contribution >= 0.6 is 15.9 Å². The highest BCUT2D eigenvalue weighted by molar-refractivity contribution is 9.10. The van der Waals surface area contributed by atoms with Gasteiger partial charge < -0.3 is 10.1 Å². The van der Waals surface area contributed by atoms with E-state index >= 15 is 0 Å². The number of nitrogens with one attached hydrogen (secondary N) is 2. The molecule has 0 heterocycles. The van der Waals surface area contributed by atoms with Gasteiger partial charge in [0.15, 0.2) is 0 Å². The highest BCUT2D eigenvalue weighted by atomic mass is 79.9. The van der Waals surface area contributed by atoms with Gasteiger partial charge in [0.2, 0.25) is 5.91 Å². The zero-order chi connectivity index (χ0) is 17.7. The van der Waals surface area contributed by atoms with E-state index in [9.17, 15) is 13.2 Å². The standard InChI is InChI=1S/C16H17BrN2O4S/c1-3-23-16-8-7-14(10-15(16)18-11(2)20)24(21,22)19-13-6-4-5-12(17)9-13/h4-10,19H,3H2,1-2H3,(H,18,20). The molecule has 0 spiro atoms. The van der Waals surface area contributed by atoms with E-state index in [-0.39, 0.29) is 10.8 Å². The van der Waals surface area contributed by atoms with E-state index in [1.165, 1.54) is 25.1 Å². The van der Waals surface area contributed by atoms with Crippen LogP contribution in [0, 0.1) is 0 Å². The van der Waals surface area contributed by atoms with Gasteiger partial charge >= 0.3 is 0 Å². The average molecular weight is 413 g/mol. The molecule has 0 aliphatic heterocycles. The Balaban J connectivity index is 2.37. The van der Waals surface area contributed by atoms with Crippen LogP contribution in [0.1, 0.15) is 13.8 Å². The van der Waals surface area contributed by atoms with Gasteiger partial charge in [-0.05, 0) is 43.3 Å². The van der Waals surface area contributed by atoms with Crippen molar-refractivity contribution in [2.45, 2.75) is 18.7 Å². The number of anilines is 2. The lowest BCUT2D eigenvalue weighted by Gasteiger charge is -2.13. The monoisotopic (exact) mass is 412 g/mol. The van der Waals surface area contributed by atoms with Gasteiger partial charge in [-0.3, -0.25) is 9.52 Å². The molecule has 2 aromatic rings. The lowest BCUT2D eigenvalue weighted by atomic mass is 10.3. The number of hydrogen-bond acceptors (Lipinski definition) is 4. The van der Waals surface area contributed by atoms with Gasteiger partial charge in [0.05, 0.1) is 17.2 Å². The van der Waals surface area contributed by atoms with Crippen LogP contribution in [-0.2, 0) is 14.8 Å². The van der Waals surface area contributed by atoms with E-state index in [2.05, 4.69) is 26.0 Å². The normalized spacial score (nSPS) is 11.0. The molecule has 1 amide bonds. The smallest absolute Gasteiger partial charge is 0.261 e. The van der Waals surface area contributed by atoms with Gasteiger partial charge in [-0.15, -0.1) is 0 Å². The number of halogens is 1. The Labute approximate surface area is 149 Å². The Morgan fingerprint density at radius 3 is 2.58 bits per heavy atom. The highest BCUT2D eigenvalue weighted by Gasteiger charge is 2.17. The van der Waals surface area contributed by atoms with Crippen LogP contribution < -0.4 is 14.8 Å². The quantitative estimate of drug-likeness (QED) is 0.758. The number of amides is 1. The molecule has 0 bridgehead atoms. The van der Waals surface area contributed by atoms with Crippen molar-refractivity contribution in [1.29, 1.82) is 0 Å². The lowest BCUT2D eigenvalue weighted by Crippen LogP contribution is -2.14. The molecule has 8 heteroatoms. The maximum atomic E-state index is 12.5. The molecule has 0 saturated carbocycles. The van der Waals surface area contributed by atoms with Crippen molar-refractivity contribution in [1.82, 2.24) is 0 Å². The van der Waals surface area contributed by atoms with Gasteiger partial charge in [-0.1, -0.05) is 22.0 Å². The Morgan fingerprint density at radius 1 is 1.21 bits per heavy atom. The molecule has 6 nitrogen and oxygen atoms in total. The van der Waals surface area contributed by atoms with E-state index in [4.69, 9.17) is 4.74 Å². The molecule has 0 unspecified atom stereocenters. The largest absolute Gasteiger partial charge is 0.492 e. The summed E-state index contributed by atoms with van der Waals surface area (Å²) < 4.78 is 33.7. The molecule has 0 radical (unpaired) electrons. The molecule has 128 valence electrons. The summed E-state index contributed by atoms with van der Waals surface area (Å²) in [7, 11) is -3.80. The van der Waals surface area contributed by atoms with E-state index < -0.39 is 10.0 Å². The Hall–Kier alpha value is -2.06. The van der Waals surface area contributed by atoms with Crippen molar-refractivity contribution in [3.63, 3.8) is 0 Å².